The average molecular weight is 382 g/mol. The molecule has 0 unspecified atom stereocenters. The number of aliphatic carboxylic acids is 1. The molecule has 1 aromatic carbocycles. The van der Waals surface area contributed by atoms with Crippen LogP contribution in [0.3, 0.4) is 0 Å². The van der Waals surface area contributed by atoms with Crippen LogP contribution < -0.4 is 5.56 Å². The topological polar surface area (TPSA) is 98.7 Å². The minimum atomic E-state index is -1.12. The molecule has 0 aliphatic rings. The number of aromatic nitrogens is 4. The van der Waals surface area contributed by atoms with Gasteiger partial charge in [-0.1, -0.05) is 12.1 Å². The zero-order valence-corrected chi connectivity index (χ0v) is 14.8. The van der Waals surface area contributed by atoms with Gasteiger partial charge in [0.15, 0.2) is 5.65 Å². The fraction of sp³-hybridized carbons (Fsp3) is 0.158. The van der Waals surface area contributed by atoms with Gasteiger partial charge in [0.05, 0.1) is 28.8 Å². The largest absolute Gasteiger partial charge is 0.480 e. The van der Waals surface area contributed by atoms with Crippen molar-refractivity contribution in [2.75, 3.05) is 7.11 Å². The van der Waals surface area contributed by atoms with Crippen LogP contribution in [-0.4, -0.2) is 37.4 Å². The van der Waals surface area contributed by atoms with E-state index in [4.69, 9.17) is 9.84 Å². The molecule has 0 atom stereocenters. The first-order valence-electron chi connectivity index (χ1n) is 8.36. The number of benzene rings is 1. The summed E-state index contributed by atoms with van der Waals surface area (Å²) in [6.07, 6.45) is 2.81. The second kappa shape index (κ2) is 6.86. The maximum absolute atomic E-state index is 13.3. The van der Waals surface area contributed by atoms with Crippen LogP contribution in [0.25, 0.3) is 27.7 Å². The van der Waals surface area contributed by atoms with Crippen molar-refractivity contribution in [2.24, 2.45) is 0 Å². The number of hydrogen-bond acceptors (Lipinski definition) is 5. The van der Waals surface area contributed by atoms with E-state index in [1.807, 2.05) is 0 Å². The lowest BCUT2D eigenvalue weighted by atomic mass is 10.1. The predicted octanol–water partition coefficient (Wildman–Crippen LogP) is 2.08. The van der Waals surface area contributed by atoms with Gasteiger partial charge in [-0.3, -0.25) is 9.59 Å². The van der Waals surface area contributed by atoms with E-state index in [0.717, 1.165) is 10.1 Å². The molecule has 0 radical (unpaired) electrons. The Morgan fingerprint density at radius 1 is 1.25 bits per heavy atom. The molecule has 142 valence electrons. The second-order valence-corrected chi connectivity index (χ2v) is 6.20. The third kappa shape index (κ3) is 2.91. The summed E-state index contributed by atoms with van der Waals surface area (Å²) in [4.78, 5) is 27.9. The number of fused-ring (bicyclic) bond motifs is 3. The summed E-state index contributed by atoms with van der Waals surface area (Å²) in [6.45, 7) is -0.241. The van der Waals surface area contributed by atoms with Crippen LogP contribution in [0.4, 0.5) is 4.39 Å². The molecule has 4 aromatic rings. The first kappa shape index (κ1) is 17.8. The van der Waals surface area contributed by atoms with Crippen LogP contribution in [0.2, 0.25) is 0 Å². The van der Waals surface area contributed by atoms with Crippen LogP contribution in [-0.2, 0) is 22.7 Å². The predicted molar refractivity (Wildman–Crippen MR) is 98.5 cm³/mol. The summed E-state index contributed by atoms with van der Waals surface area (Å²) in [5.41, 5.74) is 2.49. The molecular formula is C19H15FN4O4. The van der Waals surface area contributed by atoms with Crippen molar-refractivity contribution in [3.05, 3.63) is 64.6 Å². The molecule has 4 rings (SSSR count). The molecule has 0 saturated carbocycles. The van der Waals surface area contributed by atoms with Gasteiger partial charge in [0, 0.05) is 19.5 Å². The Morgan fingerprint density at radius 3 is 2.68 bits per heavy atom. The number of hydrogen-bond donors (Lipinski definition) is 1. The Kier molecular flexibility index (Phi) is 4.36. The normalized spacial score (nSPS) is 11.4. The summed E-state index contributed by atoms with van der Waals surface area (Å²) < 4.78 is 21.2. The van der Waals surface area contributed by atoms with Gasteiger partial charge >= 0.3 is 5.97 Å². The van der Waals surface area contributed by atoms with Crippen molar-refractivity contribution in [1.29, 1.82) is 0 Å². The minimum Gasteiger partial charge on any atom is -0.480 e. The van der Waals surface area contributed by atoms with Crippen molar-refractivity contribution in [1.82, 2.24) is 19.2 Å². The van der Waals surface area contributed by atoms with Gasteiger partial charge in [-0.25, -0.2) is 13.9 Å². The number of ether oxygens (including phenoxy) is 1. The van der Waals surface area contributed by atoms with E-state index in [1.165, 1.54) is 36.2 Å². The monoisotopic (exact) mass is 382 g/mol. The Labute approximate surface area is 157 Å². The number of carboxylic acid groups (broad SMARTS) is 1. The maximum Gasteiger partial charge on any atom is 0.323 e. The van der Waals surface area contributed by atoms with E-state index in [1.54, 1.807) is 18.2 Å². The van der Waals surface area contributed by atoms with Crippen LogP contribution >= 0.6 is 0 Å². The van der Waals surface area contributed by atoms with Gasteiger partial charge in [-0.15, -0.1) is 0 Å². The molecule has 0 aliphatic heterocycles. The third-order valence-corrected chi connectivity index (χ3v) is 4.38. The zero-order valence-electron chi connectivity index (χ0n) is 14.8. The Balaban J connectivity index is 2.00. The van der Waals surface area contributed by atoms with E-state index in [2.05, 4.69) is 10.1 Å². The summed E-state index contributed by atoms with van der Waals surface area (Å²) >= 11 is 0. The average Bonchev–Trinajstić information content (AvgIpc) is 3.03. The van der Waals surface area contributed by atoms with Gasteiger partial charge in [-0.2, -0.15) is 5.10 Å². The highest BCUT2D eigenvalue weighted by atomic mass is 19.1. The maximum atomic E-state index is 13.3. The van der Waals surface area contributed by atoms with E-state index in [9.17, 15) is 14.0 Å². The number of carbonyl (C=O) groups is 1. The molecule has 0 amide bonds. The highest BCUT2D eigenvalue weighted by molar-refractivity contribution is 5.86. The van der Waals surface area contributed by atoms with Gasteiger partial charge in [0.25, 0.3) is 5.56 Å². The fourth-order valence-corrected chi connectivity index (χ4v) is 3.17. The van der Waals surface area contributed by atoms with Crippen molar-refractivity contribution in [3.63, 3.8) is 0 Å². The molecule has 9 heteroatoms. The Morgan fingerprint density at radius 2 is 2.00 bits per heavy atom. The molecule has 0 saturated heterocycles. The first-order chi connectivity index (χ1) is 13.5. The van der Waals surface area contributed by atoms with E-state index in [-0.39, 0.29) is 17.8 Å². The summed E-state index contributed by atoms with van der Waals surface area (Å²) in [5, 5.41) is 13.7. The van der Waals surface area contributed by atoms with Crippen LogP contribution in [0, 0.1) is 5.82 Å². The lowest BCUT2D eigenvalue weighted by Crippen LogP contribution is -2.24. The number of carboxylic acids is 1. The molecule has 3 heterocycles. The number of methoxy groups -OCH3 is 1. The highest BCUT2D eigenvalue weighted by Crippen LogP contribution is 2.29. The van der Waals surface area contributed by atoms with Crippen molar-refractivity contribution >= 4 is 22.5 Å². The lowest BCUT2D eigenvalue weighted by Gasteiger charge is -2.06. The number of nitrogens with zero attached hydrogens (tertiary/aromatic N) is 4. The van der Waals surface area contributed by atoms with E-state index >= 15 is 0 Å². The molecule has 28 heavy (non-hydrogen) atoms. The molecule has 0 fully saturated rings. The summed E-state index contributed by atoms with van der Waals surface area (Å²) in [6, 6.07) is 7.57. The van der Waals surface area contributed by atoms with Crippen LogP contribution in [0.5, 0.6) is 0 Å². The van der Waals surface area contributed by atoms with Crippen LogP contribution in [0.15, 0.2) is 47.5 Å². The Hall–Kier alpha value is -3.59. The quantitative estimate of drug-likeness (QED) is 0.567. The molecule has 1 N–H and O–H groups in total. The van der Waals surface area contributed by atoms with Crippen molar-refractivity contribution in [2.45, 2.75) is 13.2 Å². The molecular weight excluding hydrogens is 367 g/mol. The number of rotatable bonds is 5. The first-order valence-corrected chi connectivity index (χ1v) is 8.36. The summed E-state index contributed by atoms with van der Waals surface area (Å²) in [5.74, 6) is -1.47. The molecule has 8 nitrogen and oxygen atoms in total. The zero-order chi connectivity index (χ0) is 19.8. The second-order valence-electron chi connectivity index (χ2n) is 6.20. The lowest BCUT2D eigenvalue weighted by molar-refractivity contribution is -0.137. The van der Waals surface area contributed by atoms with Gasteiger partial charge in [-0.05, 0) is 23.8 Å². The molecule has 0 aliphatic carbocycles. The number of halogens is 1. The minimum absolute atomic E-state index is 0.202. The smallest absolute Gasteiger partial charge is 0.323 e. The number of pyridine rings is 1. The summed E-state index contributed by atoms with van der Waals surface area (Å²) in [7, 11) is 1.54. The van der Waals surface area contributed by atoms with Gasteiger partial charge in [0.1, 0.15) is 12.4 Å². The van der Waals surface area contributed by atoms with Crippen molar-refractivity contribution in [3.8, 4) is 11.1 Å². The van der Waals surface area contributed by atoms with Gasteiger partial charge in [0.2, 0.25) is 0 Å². The van der Waals surface area contributed by atoms with Gasteiger partial charge < -0.3 is 14.4 Å². The van der Waals surface area contributed by atoms with Crippen molar-refractivity contribution < 1.29 is 19.0 Å². The Bertz CT molecular complexity index is 1260. The van der Waals surface area contributed by atoms with E-state index < -0.39 is 18.1 Å². The molecule has 0 spiro atoms. The standard InChI is InChI=1S/C19H15FN4O4/c1-28-10-14-17(11-2-4-12(20)5-3-11)18-21-8-13-15(24(18)22-14)6-7-23(19(13)27)9-16(25)26/h2-8H,9-10H2,1H3,(H,25,26). The highest BCUT2D eigenvalue weighted by Gasteiger charge is 2.19. The van der Waals surface area contributed by atoms with Crippen LogP contribution in [0.1, 0.15) is 5.69 Å². The third-order valence-electron chi connectivity index (χ3n) is 4.38. The SMILES string of the molecule is COCc1nn2c(ncc3c(=O)n(CC(=O)O)ccc32)c1-c1ccc(F)cc1. The van der Waals surface area contributed by atoms with E-state index in [0.29, 0.717) is 22.4 Å². The molecule has 0 bridgehead atoms. The molecule has 3 aromatic heterocycles. The fourth-order valence-electron chi connectivity index (χ4n) is 3.17.